The van der Waals surface area contributed by atoms with Crippen molar-refractivity contribution in [1.29, 1.82) is 0 Å². The molecular formula is C15H23NO4. The number of hydrogen-bond acceptors (Lipinski definition) is 4. The summed E-state index contributed by atoms with van der Waals surface area (Å²) >= 11 is 0. The zero-order valence-electron chi connectivity index (χ0n) is 12.3. The maximum absolute atomic E-state index is 11.6. The van der Waals surface area contributed by atoms with Crippen LogP contribution in [0.2, 0.25) is 0 Å². The fourth-order valence-corrected chi connectivity index (χ4v) is 1.66. The highest BCUT2D eigenvalue weighted by Gasteiger charge is 2.06. The van der Waals surface area contributed by atoms with Gasteiger partial charge in [0.25, 0.3) is 5.91 Å². The lowest BCUT2D eigenvalue weighted by Crippen LogP contribution is -2.32. The lowest BCUT2D eigenvalue weighted by atomic mass is 10.1. The van der Waals surface area contributed by atoms with Gasteiger partial charge in [-0.2, -0.15) is 0 Å². The molecule has 2 N–H and O–H groups in total. The number of nitrogens with one attached hydrogen (secondary N) is 1. The zero-order valence-corrected chi connectivity index (χ0v) is 12.3. The summed E-state index contributed by atoms with van der Waals surface area (Å²) in [5, 5.41) is 12.1. The van der Waals surface area contributed by atoms with E-state index in [0.29, 0.717) is 18.7 Å². The van der Waals surface area contributed by atoms with Gasteiger partial charge in [0.05, 0.1) is 12.7 Å². The number of benzene rings is 1. The molecule has 0 radical (unpaired) electrons. The summed E-state index contributed by atoms with van der Waals surface area (Å²) < 4.78 is 10.2. The van der Waals surface area contributed by atoms with Gasteiger partial charge in [-0.25, -0.2) is 0 Å². The van der Waals surface area contributed by atoms with E-state index < -0.39 is 6.10 Å². The molecule has 0 aliphatic carbocycles. The van der Waals surface area contributed by atoms with Crippen molar-refractivity contribution in [2.75, 3.05) is 26.9 Å². The van der Waals surface area contributed by atoms with Crippen molar-refractivity contribution in [2.45, 2.75) is 26.4 Å². The molecule has 5 heteroatoms. The van der Waals surface area contributed by atoms with Gasteiger partial charge in [0.1, 0.15) is 5.75 Å². The second kappa shape index (κ2) is 8.55. The molecule has 20 heavy (non-hydrogen) atoms. The van der Waals surface area contributed by atoms with Crippen LogP contribution in [0.3, 0.4) is 0 Å². The highest BCUT2D eigenvalue weighted by atomic mass is 16.5. The smallest absolute Gasteiger partial charge is 0.257 e. The molecule has 0 aliphatic heterocycles. The van der Waals surface area contributed by atoms with Crippen LogP contribution in [0.1, 0.15) is 17.5 Å². The number of rotatable bonds is 8. The standard InChI is InChI=1S/C15H23NO4/c1-11-4-5-14(8-12(11)2)20-10-15(18)16-7-6-13(17)9-19-3/h4-5,8,13,17H,6-7,9-10H2,1-3H3,(H,16,18). The van der Waals surface area contributed by atoms with Crippen molar-refractivity contribution in [1.82, 2.24) is 5.32 Å². The summed E-state index contributed by atoms with van der Waals surface area (Å²) in [6.07, 6.45) is -0.0931. The van der Waals surface area contributed by atoms with E-state index in [0.717, 1.165) is 5.56 Å². The Hall–Kier alpha value is -1.59. The lowest BCUT2D eigenvalue weighted by molar-refractivity contribution is -0.123. The Bertz CT molecular complexity index is 434. The largest absolute Gasteiger partial charge is 0.484 e. The normalized spacial score (nSPS) is 12.0. The Labute approximate surface area is 119 Å². The number of aliphatic hydroxyl groups is 1. The predicted molar refractivity (Wildman–Crippen MR) is 76.9 cm³/mol. The Balaban J connectivity index is 2.24. The van der Waals surface area contributed by atoms with E-state index in [4.69, 9.17) is 9.47 Å². The first kappa shape index (κ1) is 16.5. The molecule has 0 fully saturated rings. The number of carbonyl (C=O) groups excluding carboxylic acids is 1. The zero-order chi connectivity index (χ0) is 15.0. The molecule has 0 aliphatic rings. The molecule has 0 bridgehead atoms. The maximum atomic E-state index is 11.6. The third kappa shape index (κ3) is 6.04. The molecule has 0 saturated carbocycles. The van der Waals surface area contributed by atoms with Gasteiger partial charge in [0.2, 0.25) is 0 Å². The summed E-state index contributed by atoms with van der Waals surface area (Å²) in [5.74, 6) is 0.482. The Morgan fingerprint density at radius 2 is 2.10 bits per heavy atom. The molecular weight excluding hydrogens is 258 g/mol. The Morgan fingerprint density at radius 1 is 1.35 bits per heavy atom. The molecule has 1 aromatic rings. The summed E-state index contributed by atoms with van der Waals surface area (Å²) in [7, 11) is 1.53. The van der Waals surface area contributed by atoms with Gasteiger partial charge in [-0.05, 0) is 43.5 Å². The van der Waals surface area contributed by atoms with E-state index >= 15 is 0 Å². The highest BCUT2D eigenvalue weighted by molar-refractivity contribution is 5.77. The minimum atomic E-state index is -0.555. The quantitative estimate of drug-likeness (QED) is 0.751. The van der Waals surface area contributed by atoms with Gasteiger partial charge >= 0.3 is 0 Å². The van der Waals surface area contributed by atoms with E-state index in [-0.39, 0.29) is 19.1 Å². The van der Waals surface area contributed by atoms with Crippen LogP contribution in [0, 0.1) is 13.8 Å². The topological polar surface area (TPSA) is 67.8 Å². The molecule has 1 aromatic carbocycles. The fourth-order valence-electron chi connectivity index (χ4n) is 1.66. The molecule has 1 atom stereocenters. The van der Waals surface area contributed by atoms with E-state index in [1.807, 2.05) is 32.0 Å². The Morgan fingerprint density at radius 3 is 2.75 bits per heavy atom. The highest BCUT2D eigenvalue weighted by Crippen LogP contribution is 2.16. The SMILES string of the molecule is COCC(O)CCNC(=O)COc1ccc(C)c(C)c1. The van der Waals surface area contributed by atoms with Gasteiger partial charge in [-0.3, -0.25) is 4.79 Å². The summed E-state index contributed by atoms with van der Waals surface area (Å²) in [6, 6.07) is 5.71. The number of ether oxygens (including phenoxy) is 2. The minimum absolute atomic E-state index is 0.0249. The average molecular weight is 281 g/mol. The van der Waals surface area contributed by atoms with Crippen molar-refractivity contribution in [2.24, 2.45) is 0 Å². The van der Waals surface area contributed by atoms with Crippen molar-refractivity contribution in [3.63, 3.8) is 0 Å². The van der Waals surface area contributed by atoms with Crippen LogP contribution in [-0.2, 0) is 9.53 Å². The first-order valence-corrected chi connectivity index (χ1v) is 6.66. The molecule has 112 valence electrons. The molecule has 1 rings (SSSR count). The van der Waals surface area contributed by atoms with Crippen molar-refractivity contribution < 1.29 is 19.4 Å². The molecule has 0 saturated heterocycles. The molecule has 1 amide bonds. The molecule has 1 unspecified atom stereocenters. The average Bonchev–Trinajstić information content (AvgIpc) is 2.40. The van der Waals surface area contributed by atoms with Gasteiger partial charge in [-0.15, -0.1) is 0 Å². The van der Waals surface area contributed by atoms with Crippen molar-refractivity contribution >= 4 is 5.91 Å². The van der Waals surface area contributed by atoms with Crippen LogP contribution >= 0.6 is 0 Å². The number of methoxy groups -OCH3 is 1. The third-order valence-corrected chi connectivity index (χ3v) is 3.01. The van der Waals surface area contributed by atoms with E-state index in [9.17, 15) is 9.90 Å². The fraction of sp³-hybridized carbons (Fsp3) is 0.533. The number of aliphatic hydroxyl groups excluding tert-OH is 1. The predicted octanol–water partition coefficient (Wildman–Crippen LogP) is 1.20. The second-order valence-electron chi connectivity index (χ2n) is 4.78. The van der Waals surface area contributed by atoms with Gasteiger partial charge in [0.15, 0.2) is 6.61 Å². The van der Waals surface area contributed by atoms with E-state index in [1.165, 1.54) is 12.7 Å². The van der Waals surface area contributed by atoms with Crippen molar-refractivity contribution in [3.8, 4) is 5.75 Å². The molecule has 5 nitrogen and oxygen atoms in total. The van der Waals surface area contributed by atoms with Crippen LogP contribution in [0.25, 0.3) is 0 Å². The molecule has 0 heterocycles. The van der Waals surface area contributed by atoms with E-state index in [1.54, 1.807) is 0 Å². The minimum Gasteiger partial charge on any atom is -0.484 e. The Kier molecular flexibility index (Phi) is 7.04. The van der Waals surface area contributed by atoms with Gasteiger partial charge in [-0.1, -0.05) is 6.07 Å². The van der Waals surface area contributed by atoms with Gasteiger partial charge in [0, 0.05) is 13.7 Å². The van der Waals surface area contributed by atoms with Crippen molar-refractivity contribution in [3.05, 3.63) is 29.3 Å². The number of carbonyl (C=O) groups is 1. The molecule has 0 spiro atoms. The van der Waals surface area contributed by atoms with Gasteiger partial charge < -0.3 is 19.9 Å². The second-order valence-corrected chi connectivity index (χ2v) is 4.78. The summed E-state index contributed by atoms with van der Waals surface area (Å²) in [5.41, 5.74) is 2.32. The monoisotopic (exact) mass is 281 g/mol. The summed E-state index contributed by atoms with van der Waals surface area (Å²) in [6.45, 7) is 4.67. The van der Waals surface area contributed by atoms with Crippen LogP contribution in [0.15, 0.2) is 18.2 Å². The maximum Gasteiger partial charge on any atom is 0.257 e. The third-order valence-electron chi connectivity index (χ3n) is 3.01. The van der Waals surface area contributed by atoms with Crippen LogP contribution in [0.5, 0.6) is 5.75 Å². The summed E-state index contributed by atoms with van der Waals surface area (Å²) in [4.78, 5) is 11.6. The van der Waals surface area contributed by atoms with Crippen LogP contribution < -0.4 is 10.1 Å². The first-order chi connectivity index (χ1) is 9.52. The molecule has 0 aromatic heterocycles. The number of hydrogen-bond donors (Lipinski definition) is 2. The van der Waals surface area contributed by atoms with Crippen LogP contribution in [-0.4, -0.2) is 44.0 Å². The lowest BCUT2D eigenvalue weighted by Gasteiger charge is -2.11. The number of amides is 1. The first-order valence-electron chi connectivity index (χ1n) is 6.66. The van der Waals surface area contributed by atoms with Crippen LogP contribution in [0.4, 0.5) is 0 Å². The number of aryl methyl sites for hydroxylation is 2. The van der Waals surface area contributed by atoms with E-state index in [2.05, 4.69) is 5.32 Å².